The van der Waals surface area contributed by atoms with Gasteiger partial charge in [0.05, 0.1) is 19.0 Å². The Hall–Kier alpha value is -2.01. The third-order valence-electron chi connectivity index (χ3n) is 4.27. The van der Waals surface area contributed by atoms with Crippen LogP contribution in [0.25, 0.3) is 21.6 Å². The quantitative estimate of drug-likeness (QED) is 0.109. The molecular formula is C12H18N7O13P3. The summed E-state index contributed by atoms with van der Waals surface area (Å²) in [6.07, 6.45) is -1.69. The molecule has 194 valence electrons. The van der Waals surface area contributed by atoms with Gasteiger partial charge in [0.1, 0.15) is 24.9 Å². The van der Waals surface area contributed by atoms with Crippen molar-refractivity contribution in [3.8, 4) is 0 Å². The SMILES string of the molecule is Cc1nc2c(ncn2C2CC(OCN=[N+]=[N-])C(COP(=O)(O)OP(=O)(O)OP(=O)(O)O)O2)c(=O)[nH]1. The van der Waals surface area contributed by atoms with Crippen LogP contribution in [0.3, 0.4) is 0 Å². The number of phosphoric ester groups is 1. The molecule has 1 aliphatic heterocycles. The lowest BCUT2D eigenvalue weighted by molar-refractivity contribution is -0.0583. The first-order valence-corrected chi connectivity index (χ1v) is 13.7. The zero-order valence-corrected chi connectivity index (χ0v) is 20.1. The Kier molecular flexibility index (Phi) is 8.30. The van der Waals surface area contributed by atoms with Crippen LogP contribution in [0.15, 0.2) is 16.2 Å². The molecule has 2 aromatic heterocycles. The molecule has 0 spiro atoms. The van der Waals surface area contributed by atoms with E-state index in [2.05, 4.69) is 38.1 Å². The fraction of sp³-hybridized carbons (Fsp3) is 0.583. The average molecular weight is 561 g/mol. The van der Waals surface area contributed by atoms with Crippen molar-refractivity contribution in [2.75, 3.05) is 13.3 Å². The van der Waals surface area contributed by atoms with E-state index in [1.807, 2.05) is 0 Å². The van der Waals surface area contributed by atoms with Gasteiger partial charge in [-0.1, -0.05) is 5.11 Å². The van der Waals surface area contributed by atoms with E-state index in [-0.39, 0.29) is 17.6 Å². The van der Waals surface area contributed by atoms with E-state index in [1.54, 1.807) is 6.92 Å². The fourth-order valence-electron chi connectivity index (χ4n) is 3.07. The molecule has 0 amide bonds. The van der Waals surface area contributed by atoms with Crippen molar-refractivity contribution in [2.24, 2.45) is 5.11 Å². The number of ether oxygens (including phenoxy) is 2. The molecule has 3 rings (SSSR count). The summed E-state index contributed by atoms with van der Waals surface area (Å²) in [5.74, 6) is 0.294. The zero-order valence-electron chi connectivity index (χ0n) is 17.4. The van der Waals surface area contributed by atoms with Gasteiger partial charge in [0, 0.05) is 11.3 Å². The molecule has 5 N–H and O–H groups in total. The number of nitrogens with one attached hydrogen (secondary N) is 1. The Morgan fingerprint density at radius 2 is 2.00 bits per heavy atom. The first-order chi connectivity index (χ1) is 16.2. The van der Waals surface area contributed by atoms with E-state index in [1.165, 1.54) is 10.9 Å². The summed E-state index contributed by atoms with van der Waals surface area (Å²) in [6, 6.07) is 0. The van der Waals surface area contributed by atoms with E-state index in [9.17, 15) is 28.3 Å². The van der Waals surface area contributed by atoms with Crippen LogP contribution in [0.4, 0.5) is 0 Å². The minimum absolute atomic E-state index is 0.0162. The molecule has 3 heterocycles. The number of hydrogen-bond donors (Lipinski definition) is 5. The summed E-state index contributed by atoms with van der Waals surface area (Å²) >= 11 is 0. The number of imidazole rings is 1. The molecule has 1 saturated heterocycles. The molecule has 0 saturated carbocycles. The summed E-state index contributed by atoms with van der Waals surface area (Å²) in [5, 5.41) is 3.22. The number of aromatic nitrogens is 4. The lowest BCUT2D eigenvalue weighted by atomic mass is 10.2. The number of azide groups is 1. The first-order valence-electron chi connectivity index (χ1n) is 9.19. The molecule has 1 fully saturated rings. The number of aryl methyl sites for hydroxylation is 1. The molecule has 0 aliphatic carbocycles. The van der Waals surface area contributed by atoms with Crippen LogP contribution in [-0.2, 0) is 36.3 Å². The van der Waals surface area contributed by atoms with Crippen LogP contribution < -0.4 is 5.56 Å². The van der Waals surface area contributed by atoms with Gasteiger partial charge in [0.2, 0.25) is 0 Å². The van der Waals surface area contributed by atoms with Crippen molar-refractivity contribution in [3.63, 3.8) is 0 Å². The van der Waals surface area contributed by atoms with Crippen molar-refractivity contribution >= 4 is 34.6 Å². The van der Waals surface area contributed by atoms with E-state index in [4.69, 9.17) is 24.8 Å². The van der Waals surface area contributed by atoms with Crippen LogP contribution in [-0.4, -0.2) is 64.6 Å². The fourth-order valence-corrected chi connectivity index (χ4v) is 6.10. The monoisotopic (exact) mass is 561 g/mol. The number of H-pyrrole nitrogens is 1. The van der Waals surface area contributed by atoms with Crippen LogP contribution in [0.2, 0.25) is 0 Å². The van der Waals surface area contributed by atoms with Crippen LogP contribution >= 0.6 is 23.5 Å². The van der Waals surface area contributed by atoms with Crippen molar-refractivity contribution in [2.45, 2.75) is 31.8 Å². The van der Waals surface area contributed by atoms with Gasteiger partial charge in [-0.25, -0.2) is 23.7 Å². The topological polar surface area (TPSA) is 291 Å². The van der Waals surface area contributed by atoms with Crippen molar-refractivity contribution < 1.29 is 55.9 Å². The maximum absolute atomic E-state index is 12.1. The highest BCUT2D eigenvalue weighted by molar-refractivity contribution is 7.66. The maximum Gasteiger partial charge on any atom is 0.490 e. The van der Waals surface area contributed by atoms with E-state index >= 15 is 0 Å². The summed E-state index contributed by atoms with van der Waals surface area (Å²) in [5.41, 5.74) is 8.13. The Bertz CT molecular complexity index is 1330. The van der Waals surface area contributed by atoms with Crippen LogP contribution in [0.1, 0.15) is 18.5 Å². The first kappa shape index (κ1) is 27.6. The Labute approximate surface area is 193 Å². The number of aromatic amines is 1. The molecule has 0 bridgehead atoms. The number of phosphoric acid groups is 3. The summed E-state index contributed by atoms with van der Waals surface area (Å²) in [7, 11) is -16.7. The summed E-state index contributed by atoms with van der Waals surface area (Å²) < 4.78 is 58.7. The minimum Gasteiger partial charge on any atom is -0.369 e. The second kappa shape index (κ2) is 10.5. The standard InChI is InChI=1S/C12H18N7O13P3/c1-6-16-11-10(12(20)17-6)14-4-19(11)9-2-7(28-5-15-18-13)8(30-9)3-29-34(24,25)32-35(26,27)31-33(21,22)23/h4,7-9H,2-3,5H2,1H3,(H,24,25)(H,26,27)(H,16,17,20)(H2,21,22,23). The molecule has 35 heavy (non-hydrogen) atoms. The summed E-state index contributed by atoms with van der Waals surface area (Å²) in [4.78, 5) is 61.4. The minimum atomic E-state index is -5.70. The number of rotatable bonds is 11. The lowest BCUT2D eigenvalue weighted by Gasteiger charge is -2.20. The van der Waals surface area contributed by atoms with Crippen molar-refractivity contribution in [1.82, 2.24) is 19.5 Å². The predicted molar refractivity (Wildman–Crippen MR) is 110 cm³/mol. The van der Waals surface area contributed by atoms with Gasteiger partial charge in [-0.05, 0) is 12.5 Å². The third kappa shape index (κ3) is 7.49. The van der Waals surface area contributed by atoms with Gasteiger partial charge < -0.3 is 34.0 Å². The molecule has 0 aromatic carbocycles. The molecule has 5 unspecified atom stereocenters. The average Bonchev–Trinajstić information content (AvgIpc) is 3.28. The van der Waals surface area contributed by atoms with Gasteiger partial charge in [-0.15, -0.1) is 0 Å². The second-order valence-electron chi connectivity index (χ2n) is 6.79. The van der Waals surface area contributed by atoms with Gasteiger partial charge in [0.15, 0.2) is 11.2 Å². The summed E-state index contributed by atoms with van der Waals surface area (Å²) in [6.45, 7) is 0.288. The highest BCUT2D eigenvalue weighted by Crippen LogP contribution is 2.66. The van der Waals surface area contributed by atoms with Gasteiger partial charge >= 0.3 is 23.5 Å². The van der Waals surface area contributed by atoms with Crippen LogP contribution in [0, 0.1) is 6.92 Å². The second-order valence-corrected chi connectivity index (χ2v) is 11.2. The number of fused-ring (bicyclic) bond motifs is 1. The highest BCUT2D eigenvalue weighted by atomic mass is 31.3. The molecule has 5 atom stereocenters. The van der Waals surface area contributed by atoms with E-state index < -0.39 is 60.8 Å². The zero-order chi connectivity index (χ0) is 26.0. The van der Waals surface area contributed by atoms with Crippen molar-refractivity contribution in [1.29, 1.82) is 0 Å². The van der Waals surface area contributed by atoms with Gasteiger partial charge in [-0.3, -0.25) is 13.9 Å². The number of hydrogen-bond acceptors (Lipinski definition) is 12. The normalized spacial score (nSPS) is 24.1. The molecule has 1 aliphatic rings. The lowest BCUT2D eigenvalue weighted by Crippen LogP contribution is -2.29. The third-order valence-corrected chi connectivity index (χ3v) is 8.07. The maximum atomic E-state index is 12.1. The molecule has 0 radical (unpaired) electrons. The number of nitrogens with zero attached hydrogens (tertiary/aromatic N) is 6. The Morgan fingerprint density at radius 3 is 2.66 bits per heavy atom. The van der Waals surface area contributed by atoms with E-state index in [0.717, 1.165) is 0 Å². The molecule has 20 nitrogen and oxygen atoms in total. The van der Waals surface area contributed by atoms with Crippen molar-refractivity contribution in [3.05, 3.63) is 32.9 Å². The van der Waals surface area contributed by atoms with E-state index in [0.29, 0.717) is 5.82 Å². The molecular weight excluding hydrogens is 543 g/mol. The molecule has 23 heteroatoms. The Balaban J connectivity index is 1.76. The van der Waals surface area contributed by atoms with Crippen LogP contribution in [0.5, 0.6) is 0 Å². The van der Waals surface area contributed by atoms with Gasteiger partial charge in [0.25, 0.3) is 5.56 Å². The smallest absolute Gasteiger partial charge is 0.369 e. The Morgan fingerprint density at radius 1 is 1.29 bits per heavy atom. The highest BCUT2D eigenvalue weighted by Gasteiger charge is 2.43. The largest absolute Gasteiger partial charge is 0.490 e. The molecule has 2 aromatic rings. The predicted octanol–water partition coefficient (Wildman–Crippen LogP) is 0.712. The van der Waals surface area contributed by atoms with Gasteiger partial charge in [-0.2, -0.15) is 8.62 Å².